The number of hydrogen-bond acceptors (Lipinski definition) is 4. The van der Waals surface area contributed by atoms with Crippen LogP contribution < -0.4 is 0 Å². The molecule has 1 atom stereocenters. The van der Waals surface area contributed by atoms with Crippen LogP contribution in [0.3, 0.4) is 0 Å². The molecule has 0 radical (unpaired) electrons. The molecule has 0 N–H and O–H groups in total. The Morgan fingerprint density at radius 2 is 2.00 bits per heavy atom. The van der Waals surface area contributed by atoms with Gasteiger partial charge in [-0.05, 0) is 42.0 Å². The van der Waals surface area contributed by atoms with Crippen LogP contribution in [0.4, 0.5) is 0 Å². The van der Waals surface area contributed by atoms with Gasteiger partial charge in [0.2, 0.25) is 0 Å². The van der Waals surface area contributed by atoms with Gasteiger partial charge in [-0.3, -0.25) is 10.1 Å². The third kappa shape index (κ3) is 2.54. The average molecular weight is 291 g/mol. The number of nitrogens with zero attached hydrogens (tertiary/aromatic N) is 3. The van der Waals surface area contributed by atoms with Gasteiger partial charge < -0.3 is 4.90 Å². The van der Waals surface area contributed by atoms with E-state index in [1.165, 1.54) is 0 Å². The molecule has 1 aromatic rings. The minimum atomic E-state index is -0.798. The highest BCUT2D eigenvalue weighted by Gasteiger charge is 2.30. The minimum Gasteiger partial charge on any atom is -0.343 e. The topological polar surface area (TPSA) is 70.2 Å². The van der Waals surface area contributed by atoms with Crippen molar-refractivity contribution in [3.05, 3.63) is 93.4 Å². The van der Waals surface area contributed by atoms with E-state index in [2.05, 4.69) is 6.07 Å². The van der Waals surface area contributed by atoms with Crippen molar-refractivity contribution in [1.29, 1.82) is 5.26 Å². The van der Waals surface area contributed by atoms with Gasteiger partial charge in [-0.15, -0.1) is 0 Å². The third-order valence-corrected chi connectivity index (χ3v) is 3.68. The molecule has 1 aromatic carbocycles. The molecule has 22 heavy (non-hydrogen) atoms. The zero-order chi connectivity index (χ0) is 15.5. The molecule has 108 valence electrons. The number of benzene rings is 1. The van der Waals surface area contributed by atoms with Crippen molar-refractivity contribution in [2.45, 2.75) is 12.6 Å². The maximum absolute atomic E-state index is 11.2. The fraction of sp³-hybridized carbons (Fsp3) is 0.118. The summed E-state index contributed by atoms with van der Waals surface area (Å²) in [5, 5.41) is 20.0. The SMILES string of the molecule is N#Cc1ccc(CN2C=CC=C3C2=CC=CC3[N+](=O)[O-])cc1. The first-order valence-electron chi connectivity index (χ1n) is 6.85. The van der Waals surface area contributed by atoms with E-state index in [9.17, 15) is 10.1 Å². The van der Waals surface area contributed by atoms with E-state index in [0.29, 0.717) is 17.7 Å². The molecule has 1 aliphatic carbocycles. The van der Waals surface area contributed by atoms with E-state index in [4.69, 9.17) is 5.26 Å². The van der Waals surface area contributed by atoms with Crippen LogP contribution in [0.5, 0.6) is 0 Å². The second-order valence-corrected chi connectivity index (χ2v) is 5.07. The summed E-state index contributed by atoms with van der Waals surface area (Å²) in [5.41, 5.74) is 3.20. The quantitative estimate of drug-likeness (QED) is 0.634. The van der Waals surface area contributed by atoms with E-state index >= 15 is 0 Å². The van der Waals surface area contributed by atoms with E-state index in [0.717, 1.165) is 11.3 Å². The van der Waals surface area contributed by atoms with Crippen LogP contribution in [0.15, 0.2) is 72.1 Å². The second-order valence-electron chi connectivity index (χ2n) is 5.07. The number of allylic oxidation sites excluding steroid dienone is 4. The monoisotopic (exact) mass is 291 g/mol. The molecular weight excluding hydrogens is 278 g/mol. The van der Waals surface area contributed by atoms with Gasteiger partial charge in [0.25, 0.3) is 6.04 Å². The Hall–Kier alpha value is -3.13. The molecule has 0 aromatic heterocycles. The maximum atomic E-state index is 11.2. The molecule has 0 spiro atoms. The summed E-state index contributed by atoms with van der Waals surface area (Å²) in [6.45, 7) is 0.601. The van der Waals surface area contributed by atoms with Gasteiger partial charge in [-0.25, -0.2) is 0 Å². The summed E-state index contributed by atoms with van der Waals surface area (Å²) >= 11 is 0. The van der Waals surface area contributed by atoms with Gasteiger partial charge in [0.15, 0.2) is 0 Å². The Morgan fingerprint density at radius 1 is 1.23 bits per heavy atom. The summed E-state index contributed by atoms with van der Waals surface area (Å²) in [6.07, 6.45) is 10.7. The molecule has 0 saturated carbocycles. The standard InChI is InChI=1S/C17H13N3O2/c18-11-13-6-8-14(9-7-13)12-19-10-2-3-15-16(19)4-1-5-17(15)20(21)22/h1-10,17H,12H2. The Kier molecular flexibility index (Phi) is 3.58. The third-order valence-electron chi connectivity index (χ3n) is 3.68. The number of rotatable bonds is 3. The van der Waals surface area contributed by atoms with Gasteiger partial charge in [0, 0.05) is 17.7 Å². The van der Waals surface area contributed by atoms with Crippen LogP contribution in [-0.2, 0) is 6.54 Å². The largest absolute Gasteiger partial charge is 0.343 e. The minimum absolute atomic E-state index is 0.283. The van der Waals surface area contributed by atoms with Crippen molar-refractivity contribution in [1.82, 2.24) is 4.90 Å². The Bertz CT molecular complexity index is 764. The Labute approximate surface area is 127 Å². The van der Waals surface area contributed by atoms with Gasteiger partial charge >= 0.3 is 0 Å². The number of hydrogen-bond donors (Lipinski definition) is 0. The first-order chi connectivity index (χ1) is 10.7. The molecule has 0 saturated heterocycles. The molecule has 1 unspecified atom stereocenters. The predicted molar refractivity (Wildman–Crippen MR) is 81.9 cm³/mol. The summed E-state index contributed by atoms with van der Waals surface area (Å²) in [5.74, 6) is 0. The molecule has 1 aliphatic heterocycles. The normalized spacial score (nSPS) is 19.0. The van der Waals surface area contributed by atoms with Crippen LogP contribution in [0.2, 0.25) is 0 Å². The zero-order valence-corrected chi connectivity index (χ0v) is 11.7. The predicted octanol–water partition coefficient (Wildman–Crippen LogP) is 2.91. The fourth-order valence-electron chi connectivity index (χ4n) is 2.58. The molecule has 0 bridgehead atoms. The summed E-state index contributed by atoms with van der Waals surface area (Å²) in [7, 11) is 0. The zero-order valence-electron chi connectivity index (χ0n) is 11.7. The number of nitriles is 1. The number of nitro groups is 1. The van der Waals surface area contributed by atoms with Crippen molar-refractivity contribution in [2.75, 3.05) is 0 Å². The lowest BCUT2D eigenvalue weighted by atomic mass is 9.95. The molecule has 2 aliphatic rings. The maximum Gasteiger partial charge on any atom is 0.258 e. The smallest absolute Gasteiger partial charge is 0.258 e. The average Bonchev–Trinajstić information content (AvgIpc) is 2.55. The lowest BCUT2D eigenvalue weighted by molar-refractivity contribution is -0.499. The molecule has 5 heteroatoms. The van der Waals surface area contributed by atoms with Gasteiger partial charge in [0.1, 0.15) is 0 Å². The summed E-state index contributed by atoms with van der Waals surface area (Å²) in [6, 6.07) is 8.63. The second kappa shape index (κ2) is 5.70. The molecule has 0 fully saturated rings. The van der Waals surface area contributed by atoms with Crippen LogP contribution in [0.25, 0.3) is 0 Å². The molecule has 3 rings (SSSR count). The van der Waals surface area contributed by atoms with Crippen LogP contribution in [-0.4, -0.2) is 15.9 Å². The highest BCUT2D eigenvalue weighted by atomic mass is 16.6. The molecule has 5 nitrogen and oxygen atoms in total. The van der Waals surface area contributed by atoms with Gasteiger partial charge in [-0.1, -0.05) is 18.2 Å². The van der Waals surface area contributed by atoms with E-state index < -0.39 is 6.04 Å². The molecular formula is C17H13N3O2. The van der Waals surface area contributed by atoms with Crippen molar-refractivity contribution in [3.63, 3.8) is 0 Å². The van der Waals surface area contributed by atoms with E-state index in [1.54, 1.807) is 30.4 Å². The van der Waals surface area contributed by atoms with Crippen LogP contribution >= 0.6 is 0 Å². The summed E-state index contributed by atoms with van der Waals surface area (Å²) < 4.78 is 0. The fourth-order valence-corrected chi connectivity index (χ4v) is 2.58. The Morgan fingerprint density at radius 3 is 2.68 bits per heavy atom. The molecule has 0 amide bonds. The van der Waals surface area contributed by atoms with Gasteiger partial charge in [0.05, 0.1) is 22.9 Å². The van der Waals surface area contributed by atoms with E-state index in [1.807, 2.05) is 35.4 Å². The first-order valence-corrected chi connectivity index (χ1v) is 6.85. The lowest BCUT2D eigenvalue weighted by Crippen LogP contribution is -2.30. The lowest BCUT2D eigenvalue weighted by Gasteiger charge is -2.30. The highest BCUT2D eigenvalue weighted by molar-refractivity contribution is 5.47. The first kappa shape index (κ1) is 13.8. The Balaban J connectivity index is 1.84. The van der Waals surface area contributed by atoms with Crippen molar-refractivity contribution >= 4 is 0 Å². The molecule has 1 heterocycles. The van der Waals surface area contributed by atoms with E-state index in [-0.39, 0.29) is 4.92 Å². The number of fused-ring (bicyclic) bond motifs is 1. The van der Waals surface area contributed by atoms with Crippen LogP contribution in [0.1, 0.15) is 11.1 Å². The van der Waals surface area contributed by atoms with Crippen molar-refractivity contribution in [3.8, 4) is 6.07 Å². The highest BCUT2D eigenvalue weighted by Crippen LogP contribution is 2.29. The van der Waals surface area contributed by atoms with Gasteiger partial charge in [-0.2, -0.15) is 5.26 Å². The van der Waals surface area contributed by atoms with Crippen molar-refractivity contribution < 1.29 is 4.92 Å². The summed E-state index contributed by atoms with van der Waals surface area (Å²) in [4.78, 5) is 12.9. The van der Waals surface area contributed by atoms with Crippen molar-refractivity contribution in [2.24, 2.45) is 0 Å². The van der Waals surface area contributed by atoms with Crippen LogP contribution in [0, 0.1) is 21.4 Å².